The minimum absolute atomic E-state index is 0.0188. The maximum absolute atomic E-state index is 13.4. The fourth-order valence-electron chi connectivity index (χ4n) is 6.73. The second kappa shape index (κ2) is 8.23. The van der Waals surface area contributed by atoms with Gasteiger partial charge in [0.2, 0.25) is 11.8 Å². The van der Waals surface area contributed by atoms with Crippen molar-refractivity contribution >= 4 is 47.0 Å². The third-order valence-corrected chi connectivity index (χ3v) is 10.5. The third kappa shape index (κ3) is 3.32. The van der Waals surface area contributed by atoms with E-state index >= 15 is 0 Å². The van der Waals surface area contributed by atoms with Gasteiger partial charge < -0.3 is 10.1 Å². The SMILES string of the molecule is O=C(O)CCCN1C(=O)[C@@H]2[C@H]3C[C@@H]([C@H]4Sc5[nH]c(=O)sc5[C@@H](/C=C/c5ccccc5)[C@@H]34)[C@H]2C1=O. The highest BCUT2D eigenvalue weighted by Crippen LogP contribution is 2.67. The smallest absolute Gasteiger partial charge is 0.305 e. The van der Waals surface area contributed by atoms with Crippen LogP contribution in [0.2, 0.25) is 0 Å². The molecule has 0 radical (unpaired) electrons. The number of fused-ring (bicyclic) bond motifs is 9. The Morgan fingerprint density at radius 3 is 2.59 bits per heavy atom. The molecule has 0 unspecified atom stereocenters. The molecule has 2 aromatic rings. The van der Waals surface area contributed by atoms with Crippen molar-refractivity contribution in [2.75, 3.05) is 6.54 Å². The molecule has 4 aliphatic rings. The first-order valence-corrected chi connectivity index (χ1v) is 13.3. The maximum atomic E-state index is 13.4. The maximum Gasteiger partial charge on any atom is 0.305 e. The number of H-pyrrole nitrogens is 1. The van der Waals surface area contributed by atoms with Gasteiger partial charge in [0.15, 0.2) is 0 Å². The van der Waals surface area contributed by atoms with Crippen LogP contribution >= 0.6 is 23.1 Å². The van der Waals surface area contributed by atoms with Crippen molar-refractivity contribution in [2.24, 2.45) is 29.6 Å². The van der Waals surface area contributed by atoms with E-state index in [1.165, 1.54) is 16.2 Å². The predicted octanol–water partition coefficient (Wildman–Crippen LogP) is 3.44. The van der Waals surface area contributed by atoms with Gasteiger partial charge in [0.25, 0.3) is 0 Å². The van der Waals surface area contributed by atoms with E-state index in [0.29, 0.717) is 0 Å². The molecule has 2 N–H and O–H groups in total. The van der Waals surface area contributed by atoms with E-state index in [1.807, 2.05) is 30.3 Å². The van der Waals surface area contributed by atoms with E-state index < -0.39 is 5.97 Å². The first kappa shape index (κ1) is 21.9. The van der Waals surface area contributed by atoms with Gasteiger partial charge in [0, 0.05) is 29.0 Å². The summed E-state index contributed by atoms with van der Waals surface area (Å²) >= 11 is 2.92. The number of rotatable bonds is 6. The Kier molecular flexibility index (Phi) is 5.29. The molecule has 2 bridgehead atoms. The summed E-state index contributed by atoms with van der Waals surface area (Å²) in [6.07, 6.45) is 5.35. The van der Waals surface area contributed by atoms with E-state index in [9.17, 15) is 19.2 Å². The van der Waals surface area contributed by atoms with Crippen LogP contribution < -0.4 is 4.87 Å². The number of carboxylic acids is 1. The highest BCUT2D eigenvalue weighted by atomic mass is 32.2. The van der Waals surface area contributed by atoms with Crippen molar-refractivity contribution in [1.29, 1.82) is 0 Å². The lowest BCUT2D eigenvalue weighted by Gasteiger charge is -2.41. The number of aliphatic carboxylic acids is 1. The molecule has 2 saturated carbocycles. The fourth-order valence-corrected chi connectivity index (χ4v) is 9.59. The summed E-state index contributed by atoms with van der Waals surface area (Å²) in [5.74, 6) is -1.44. The summed E-state index contributed by atoms with van der Waals surface area (Å²) < 4.78 is 0. The van der Waals surface area contributed by atoms with Gasteiger partial charge in [0.1, 0.15) is 0 Å². The third-order valence-electron chi connectivity index (χ3n) is 7.93. The standard InChI is InChI=1S/C25H24N2O5S2/c28-16(29)7-4-10-27-23(30)18-14-11-15(19(18)24(27)31)20-17(14)13(9-8-12-5-2-1-3-6-12)21-22(33-20)26-25(32)34-21/h1-3,5-6,8-9,13-15,17-20H,4,7,10-11H2,(H,26,32)(H,28,29)/b9-8+/t13-,14-,15+,17-,18+,19+,20+/m0/s1. The van der Waals surface area contributed by atoms with Crippen LogP contribution in [0, 0.1) is 29.6 Å². The Balaban J connectivity index is 1.33. The van der Waals surface area contributed by atoms with Crippen LogP contribution in [0.5, 0.6) is 0 Å². The molecule has 1 saturated heterocycles. The minimum Gasteiger partial charge on any atom is -0.481 e. The number of nitrogens with zero attached hydrogens (tertiary/aromatic N) is 1. The molecule has 2 aliphatic heterocycles. The normalized spacial score (nSPS) is 33.4. The average Bonchev–Trinajstić information content (AvgIpc) is 3.54. The summed E-state index contributed by atoms with van der Waals surface area (Å²) in [5.41, 5.74) is 1.08. The van der Waals surface area contributed by atoms with Gasteiger partial charge in [-0.2, -0.15) is 0 Å². The molecule has 34 heavy (non-hydrogen) atoms. The van der Waals surface area contributed by atoms with Crippen LogP contribution in [0.15, 0.2) is 46.2 Å². The molecule has 176 valence electrons. The highest BCUT2D eigenvalue weighted by Gasteiger charge is 2.69. The number of carbonyl (C=O) groups is 3. The zero-order valence-corrected chi connectivity index (χ0v) is 19.9. The number of aromatic nitrogens is 1. The Labute approximate surface area is 204 Å². The van der Waals surface area contributed by atoms with Gasteiger partial charge in [-0.05, 0) is 36.2 Å². The van der Waals surface area contributed by atoms with Crippen molar-refractivity contribution in [3.8, 4) is 0 Å². The molecule has 3 heterocycles. The van der Waals surface area contributed by atoms with Crippen molar-refractivity contribution in [3.63, 3.8) is 0 Å². The molecule has 3 fully saturated rings. The summed E-state index contributed by atoms with van der Waals surface area (Å²) in [5, 5.41) is 10.0. The monoisotopic (exact) mass is 496 g/mol. The molecular formula is C25H24N2O5S2. The molecule has 2 aliphatic carbocycles. The Morgan fingerprint density at radius 1 is 1.12 bits per heavy atom. The molecule has 6 rings (SSSR count). The lowest BCUT2D eigenvalue weighted by Crippen LogP contribution is -2.42. The number of hydrogen-bond acceptors (Lipinski definition) is 6. The first-order valence-electron chi connectivity index (χ1n) is 11.6. The molecule has 7 nitrogen and oxygen atoms in total. The molecule has 9 heteroatoms. The Morgan fingerprint density at radius 2 is 1.85 bits per heavy atom. The van der Waals surface area contributed by atoms with Crippen molar-refractivity contribution in [2.45, 2.75) is 35.5 Å². The number of allylic oxidation sites excluding steroid dienone is 1. The molecular weight excluding hydrogens is 472 g/mol. The predicted molar refractivity (Wildman–Crippen MR) is 128 cm³/mol. The number of amides is 2. The van der Waals surface area contributed by atoms with Crippen molar-refractivity contribution in [3.05, 3.63) is 56.5 Å². The van der Waals surface area contributed by atoms with Crippen LogP contribution in [0.4, 0.5) is 0 Å². The lowest BCUT2D eigenvalue weighted by atomic mass is 9.69. The van der Waals surface area contributed by atoms with Gasteiger partial charge in [-0.15, -0.1) is 11.8 Å². The summed E-state index contributed by atoms with van der Waals surface area (Å²) in [6, 6.07) is 10.0. The average molecular weight is 497 g/mol. The molecule has 1 aromatic carbocycles. The lowest BCUT2D eigenvalue weighted by molar-refractivity contribution is -0.142. The Hall–Kier alpha value is -2.65. The summed E-state index contributed by atoms with van der Waals surface area (Å²) in [7, 11) is 0. The number of benzene rings is 1. The van der Waals surface area contributed by atoms with Crippen LogP contribution in [-0.2, 0) is 14.4 Å². The van der Waals surface area contributed by atoms with E-state index in [1.54, 1.807) is 11.8 Å². The fraction of sp³-hybridized carbons (Fsp3) is 0.440. The van der Waals surface area contributed by atoms with Gasteiger partial charge >= 0.3 is 10.8 Å². The molecule has 2 amide bonds. The summed E-state index contributed by atoms with van der Waals surface area (Å²) in [6.45, 7) is 0.177. The topological polar surface area (TPSA) is 108 Å². The van der Waals surface area contributed by atoms with E-state index in [0.717, 1.165) is 21.9 Å². The quantitative estimate of drug-likeness (QED) is 0.594. The van der Waals surface area contributed by atoms with Crippen LogP contribution in [0.25, 0.3) is 6.08 Å². The number of thioether (sulfide) groups is 1. The number of carbonyl (C=O) groups excluding carboxylic acids is 2. The zero-order valence-electron chi connectivity index (χ0n) is 18.3. The number of likely N-dealkylation sites (tertiary alicyclic amines) is 1. The molecule has 0 spiro atoms. The number of imide groups is 1. The highest BCUT2D eigenvalue weighted by molar-refractivity contribution is 8.00. The largest absolute Gasteiger partial charge is 0.481 e. The van der Waals surface area contributed by atoms with Gasteiger partial charge in [-0.1, -0.05) is 53.8 Å². The zero-order chi connectivity index (χ0) is 23.6. The van der Waals surface area contributed by atoms with E-state index in [2.05, 4.69) is 17.1 Å². The minimum atomic E-state index is -0.921. The van der Waals surface area contributed by atoms with Crippen LogP contribution in [-0.4, -0.2) is 44.6 Å². The van der Waals surface area contributed by atoms with Gasteiger partial charge in [-0.25, -0.2) is 0 Å². The van der Waals surface area contributed by atoms with Crippen LogP contribution in [0.3, 0.4) is 0 Å². The number of carboxylic acid groups (broad SMARTS) is 1. The molecule has 7 atom stereocenters. The Bertz CT molecular complexity index is 1250. The number of nitrogens with one attached hydrogen (secondary N) is 1. The molecule has 1 aromatic heterocycles. The van der Waals surface area contributed by atoms with E-state index in [4.69, 9.17) is 5.11 Å². The van der Waals surface area contributed by atoms with Crippen molar-refractivity contribution < 1.29 is 19.5 Å². The van der Waals surface area contributed by atoms with Crippen molar-refractivity contribution in [1.82, 2.24) is 9.88 Å². The number of hydrogen-bond donors (Lipinski definition) is 2. The first-order chi connectivity index (χ1) is 16.4. The number of aromatic amines is 1. The van der Waals surface area contributed by atoms with Gasteiger partial charge in [-0.3, -0.25) is 24.1 Å². The van der Waals surface area contributed by atoms with Crippen LogP contribution in [0.1, 0.15) is 35.6 Å². The second-order valence-electron chi connectivity index (χ2n) is 9.60. The van der Waals surface area contributed by atoms with E-state index in [-0.39, 0.29) is 76.8 Å². The second-order valence-corrected chi connectivity index (χ2v) is 11.8. The number of thiazole rings is 1. The summed E-state index contributed by atoms with van der Waals surface area (Å²) in [4.78, 5) is 55.0. The van der Waals surface area contributed by atoms with Gasteiger partial charge in [0.05, 0.1) is 16.9 Å².